The predicted molar refractivity (Wildman–Crippen MR) is 98.4 cm³/mol. The molecule has 1 aromatic carbocycles. The van der Waals surface area contributed by atoms with Crippen LogP contribution >= 0.6 is 24.0 Å². The highest BCUT2D eigenvalue weighted by atomic mass is 32.2. The van der Waals surface area contributed by atoms with Gasteiger partial charge in [0.15, 0.2) is 0 Å². The van der Waals surface area contributed by atoms with E-state index < -0.39 is 0 Å². The van der Waals surface area contributed by atoms with E-state index in [0.29, 0.717) is 27.3 Å². The van der Waals surface area contributed by atoms with Gasteiger partial charge in [0.1, 0.15) is 15.8 Å². The Balaban J connectivity index is 1.83. The molecule has 2 aliphatic rings. The number of amides is 1. The summed E-state index contributed by atoms with van der Waals surface area (Å²) >= 11 is 6.68. The summed E-state index contributed by atoms with van der Waals surface area (Å²) < 4.78 is 16.8. The quantitative estimate of drug-likeness (QED) is 0.590. The summed E-state index contributed by atoms with van der Waals surface area (Å²) in [6.07, 6.45) is 3.89. The van der Waals surface area contributed by atoms with Crippen molar-refractivity contribution >= 4 is 40.3 Å². The molecule has 2 fully saturated rings. The smallest absolute Gasteiger partial charge is 0.266 e. The normalized spacial score (nSPS) is 22.5. The van der Waals surface area contributed by atoms with Crippen LogP contribution in [0.1, 0.15) is 18.4 Å². The van der Waals surface area contributed by atoms with Crippen LogP contribution in [0.4, 0.5) is 0 Å². The summed E-state index contributed by atoms with van der Waals surface area (Å²) in [5, 5.41) is 0. The molecule has 0 N–H and O–H groups in total. The van der Waals surface area contributed by atoms with E-state index in [1.54, 1.807) is 25.2 Å². The molecule has 0 spiro atoms. The Bertz CT molecular complexity index is 683. The van der Waals surface area contributed by atoms with Crippen LogP contribution in [0.25, 0.3) is 6.08 Å². The van der Waals surface area contributed by atoms with Crippen LogP contribution in [-0.2, 0) is 9.53 Å². The number of ether oxygens (including phenoxy) is 3. The van der Waals surface area contributed by atoms with E-state index in [9.17, 15) is 4.79 Å². The molecule has 1 atom stereocenters. The maximum Gasteiger partial charge on any atom is 0.266 e. The first kappa shape index (κ1) is 17.3. The topological polar surface area (TPSA) is 48.0 Å². The van der Waals surface area contributed by atoms with E-state index >= 15 is 0 Å². The van der Waals surface area contributed by atoms with Crippen molar-refractivity contribution < 1.29 is 19.0 Å². The van der Waals surface area contributed by atoms with Crippen molar-refractivity contribution in [2.24, 2.45) is 0 Å². The largest absolute Gasteiger partial charge is 0.497 e. The zero-order valence-corrected chi connectivity index (χ0v) is 15.2. The summed E-state index contributed by atoms with van der Waals surface area (Å²) in [5.41, 5.74) is 0.787. The molecular weight excluding hydrogens is 346 g/mol. The lowest BCUT2D eigenvalue weighted by Gasteiger charge is -2.18. The first-order chi connectivity index (χ1) is 11.6. The lowest BCUT2D eigenvalue weighted by molar-refractivity contribution is -0.123. The lowest BCUT2D eigenvalue weighted by Crippen LogP contribution is -2.35. The lowest BCUT2D eigenvalue weighted by atomic mass is 10.1. The summed E-state index contributed by atoms with van der Waals surface area (Å²) in [6, 6.07) is 5.47. The second-order valence-electron chi connectivity index (χ2n) is 5.54. The number of carbonyl (C=O) groups is 1. The van der Waals surface area contributed by atoms with E-state index in [1.165, 1.54) is 11.8 Å². The predicted octanol–water partition coefficient (Wildman–Crippen LogP) is 3.08. The Morgan fingerprint density at radius 1 is 1.42 bits per heavy atom. The van der Waals surface area contributed by atoms with Gasteiger partial charge in [0, 0.05) is 12.2 Å². The van der Waals surface area contributed by atoms with Gasteiger partial charge < -0.3 is 14.2 Å². The third-order valence-electron chi connectivity index (χ3n) is 4.01. The van der Waals surface area contributed by atoms with E-state index in [2.05, 4.69) is 0 Å². The molecule has 1 aromatic rings. The molecule has 0 aliphatic carbocycles. The highest BCUT2D eigenvalue weighted by molar-refractivity contribution is 8.26. The second kappa shape index (κ2) is 7.55. The van der Waals surface area contributed by atoms with Crippen LogP contribution < -0.4 is 9.47 Å². The third-order valence-corrected chi connectivity index (χ3v) is 5.39. The number of hydrogen-bond donors (Lipinski definition) is 0. The molecule has 0 saturated carbocycles. The summed E-state index contributed by atoms with van der Waals surface area (Å²) in [7, 11) is 3.20. The number of methoxy groups -OCH3 is 2. The molecule has 1 amide bonds. The molecule has 0 radical (unpaired) electrons. The van der Waals surface area contributed by atoms with Crippen molar-refractivity contribution in [3.63, 3.8) is 0 Å². The summed E-state index contributed by atoms with van der Waals surface area (Å²) in [5.74, 6) is 1.31. The standard InChI is InChI=1S/C17H19NO4S2/c1-20-12-5-6-14(21-2)11(8-12)9-15-16(19)18(17(23)24-15)10-13-4-3-7-22-13/h5-6,8-9,13H,3-4,7,10H2,1-2H3. The van der Waals surface area contributed by atoms with Crippen molar-refractivity contribution in [2.75, 3.05) is 27.4 Å². The molecule has 0 bridgehead atoms. The van der Waals surface area contributed by atoms with Gasteiger partial charge >= 0.3 is 0 Å². The van der Waals surface area contributed by atoms with Crippen LogP contribution in [-0.4, -0.2) is 48.6 Å². The minimum atomic E-state index is -0.0784. The van der Waals surface area contributed by atoms with Crippen LogP contribution in [0.5, 0.6) is 11.5 Å². The molecule has 2 saturated heterocycles. The molecule has 2 heterocycles. The number of rotatable bonds is 5. The Labute approximate surface area is 150 Å². The van der Waals surface area contributed by atoms with Gasteiger partial charge in [0.25, 0.3) is 5.91 Å². The molecule has 1 unspecified atom stereocenters. The van der Waals surface area contributed by atoms with E-state index in [1.807, 2.05) is 18.2 Å². The summed E-state index contributed by atoms with van der Waals surface area (Å²) in [4.78, 5) is 14.9. The zero-order chi connectivity index (χ0) is 17.1. The monoisotopic (exact) mass is 365 g/mol. The van der Waals surface area contributed by atoms with Gasteiger partial charge in [-0.2, -0.15) is 0 Å². The highest BCUT2D eigenvalue weighted by Gasteiger charge is 2.34. The van der Waals surface area contributed by atoms with Crippen LogP contribution in [0.3, 0.4) is 0 Å². The van der Waals surface area contributed by atoms with Crippen LogP contribution in [0.15, 0.2) is 23.1 Å². The zero-order valence-electron chi connectivity index (χ0n) is 13.6. The molecule has 7 heteroatoms. The van der Waals surface area contributed by atoms with E-state index in [0.717, 1.165) is 25.0 Å². The Hall–Kier alpha value is -1.57. The number of benzene rings is 1. The fourth-order valence-electron chi connectivity index (χ4n) is 2.74. The number of nitrogens with zero attached hydrogens (tertiary/aromatic N) is 1. The maximum absolute atomic E-state index is 12.7. The molecule has 5 nitrogen and oxygen atoms in total. The Kier molecular flexibility index (Phi) is 5.43. The molecule has 128 valence electrons. The number of hydrogen-bond acceptors (Lipinski definition) is 6. The van der Waals surface area contributed by atoms with Gasteiger partial charge in [-0.25, -0.2) is 0 Å². The van der Waals surface area contributed by atoms with Gasteiger partial charge in [0.05, 0.1) is 31.8 Å². The first-order valence-corrected chi connectivity index (χ1v) is 8.94. The minimum Gasteiger partial charge on any atom is -0.497 e. The molecule has 24 heavy (non-hydrogen) atoms. The van der Waals surface area contributed by atoms with Crippen LogP contribution in [0, 0.1) is 0 Å². The van der Waals surface area contributed by atoms with Gasteiger partial charge in [0.2, 0.25) is 0 Å². The number of thiocarbonyl (C=S) groups is 1. The Morgan fingerprint density at radius 3 is 2.92 bits per heavy atom. The van der Waals surface area contributed by atoms with Crippen molar-refractivity contribution in [3.8, 4) is 11.5 Å². The first-order valence-electron chi connectivity index (χ1n) is 7.71. The SMILES string of the molecule is COc1ccc(OC)c(C=C2SC(=S)N(CC3CCCO3)C2=O)c1. The second-order valence-corrected chi connectivity index (χ2v) is 7.21. The average Bonchev–Trinajstić information content (AvgIpc) is 3.19. The fourth-order valence-corrected chi connectivity index (χ4v) is 4.01. The van der Waals surface area contributed by atoms with Gasteiger partial charge in [-0.05, 0) is 37.1 Å². The summed E-state index contributed by atoms with van der Waals surface area (Å²) in [6.45, 7) is 1.29. The average molecular weight is 365 g/mol. The van der Waals surface area contributed by atoms with Gasteiger partial charge in [-0.1, -0.05) is 24.0 Å². The van der Waals surface area contributed by atoms with Crippen molar-refractivity contribution in [1.82, 2.24) is 4.90 Å². The van der Waals surface area contributed by atoms with E-state index in [-0.39, 0.29) is 12.0 Å². The molecular formula is C17H19NO4S2. The van der Waals surface area contributed by atoms with Crippen LogP contribution in [0.2, 0.25) is 0 Å². The fraction of sp³-hybridized carbons (Fsp3) is 0.412. The number of thioether (sulfide) groups is 1. The molecule has 2 aliphatic heterocycles. The van der Waals surface area contributed by atoms with E-state index in [4.69, 9.17) is 26.4 Å². The highest BCUT2D eigenvalue weighted by Crippen LogP contribution is 2.35. The Morgan fingerprint density at radius 2 is 2.25 bits per heavy atom. The number of carbonyl (C=O) groups excluding carboxylic acids is 1. The third kappa shape index (κ3) is 3.58. The van der Waals surface area contributed by atoms with Crippen molar-refractivity contribution in [3.05, 3.63) is 28.7 Å². The molecule has 3 rings (SSSR count). The van der Waals surface area contributed by atoms with Crippen molar-refractivity contribution in [1.29, 1.82) is 0 Å². The minimum absolute atomic E-state index is 0.0784. The van der Waals surface area contributed by atoms with Crippen molar-refractivity contribution in [2.45, 2.75) is 18.9 Å². The molecule has 0 aromatic heterocycles. The van der Waals surface area contributed by atoms with Gasteiger partial charge in [-0.15, -0.1) is 0 Å². The van der Waals surface area contributed by atoms with Gasteiger partial charge in [-0.3, -0.25) is 9.69 Å². The maximum atomic E-state index is 12.7.